The second-order valence-corrected chi connectivity index (χ2v) is 9.02. The average Bonchev–Trinajstić information content (AvgIpc) is 3.38. The van der Waals surface area contributed by atoms with E-state index in [-0.39, 0.29) is 11.2 Å². The zero-order chi connectivity index (χ0) is 19.9. The highest BCUT2D eigenvalue weighted by Gasteiger charge is 2.19. The second-order valence-electron chi connectivity index (χ2n) is 6.45. The SMILES string of the molecule is CC[C@H](C)c1ccccc1NC(=O)[C@@H](C)Sc1nnc(NCc2ccco2)s1. The standard InChI is InChI=1S/C20H24N4O2S2/c1-4-13(2)16-9-5-6-10-17(16)22-18(25)14(3)27-20-24-23-19(28-20)21-12-15-8-7-11-26-15/h5-11,13-14H,4,12H2,1-3H3,(H,21,23)(H,22,25)/t13-,14+/m0/s1. The van der Waals surface area contributed by atoms with E-state index in [1.165, 1.54) is 23.1 Å². The molecule has 0 radical (unpaired) electrons. The normalized spacial score (nSPS) is 13.1. The number of furan rings is 1. The molecule has 0 saturated heterocycles. The van der Waals surface area contributed by atoms with Gasteiger partial charge in [-0.15, -0.1) is 10.2 Å². The number of nitrogens with zero attached hydrogens (tertiary/aromatic N) is 2. The molecule has 0 aliphatic rings. The summed E-state index contributed by atoms with van der Waals surface area (Å²) in [6, 6.07) is 11.7. The van der Waals surface area contributed by atoms with Crippen LogP contribution in [0.25, 0.3) is 0 Å². The number of thioether (sulfide) groups is 1. The molecule has 2 atom stereocenters. The van der Waals surface area contributed by atoms with E-state index < -0.39 is 0 Å². The monoisotopic (exact) mass is 416 g/mol. The van der Waals surface area contributed by atoms with Gasteiger partial charge in [0.1, 0.15) is 5.76 Å². The van der Waals surface area contributed by atoms with Crippen LogP contribution >= 0.6 is 23.1 Å². The van der Waals surface area contributed by atoms with Gasteiger partial charge in [-0.3, -0.25) is 4.79 Å². The van der Waals surface area contributed by atoms with Gasteiger partial charge in [-0.2, -0.15) is 0 Å². The Morgan fingerprint density at radius 3 is 2.79 bits per heavy atom. The third-order valence-electron chi connectivity index (χ3n) is 4.41. The number of hydrogen-bond donors (Lipinski definition) is 2. The van der Waals surface area contributed by atoms with Crippen molar-refractivity contribution >= 4 is 39.8 Å². The maximum Gasteiger partial charge on any atom is 0.237 e. The van der Waals surface area contributed by atoms with E-state index in [9.17, 15) is 4.79 Å². The van der Waals surface area contributed by atoms with E-state index in [0.717, 1.165) is 27.8 Å². The molecule has 1 aromatic carbocycles. The Balaban J connectivity index is 1.56. The molecule has 0 aliphatic carbocycles. The lowest BCUT2D eigenvalue weighted by Crippen LogP contribution is -2.23. The summed E-state index contributed by atoms with van der Waals surface area (Å²) in [6.45, 7) is 6.74. The topological polar surface area (TPSA) is 80.0 Å². The lowest BCUT2D eigenvalue weighted by molar-refractivity contribution is -0.115. The zero-order valence-electron chi connectivity index (χ0n) is 16.1. The van der Waals surface area contributed by atoms with Crippen molar-refractivity contribution < 1.29 is 9.21 Å². The van der Waals surface area contributed by atoms with E-state index in [1.54, 1.807) is 6.26 Å². The van der Waals surface area contributed by atoms with Crippen molar-refractivity contribution in [3.05, 3.63) is 54.0 Å². The fourth-order valence-corrected chi connectivity index (χ4v) is 4.50. The predicted molar refractivity (Wildman–Crippen MR) is 115 cm³/mol. The van der Waals surface area contributed by atoms with Gasteiger partial charge < -0.3 is 15.1 Å². The molecule has 28 heavy (non-hydrogen) atoms. The number of amides is 1. The number of nitrogens with one attached hydrogen (secondary N) is 2. The first-order valence-electron chi connectivity index (χ1n) is 9.23. The summed E-state index contributed by atoms with van der Waals surface area (Å²) in [5.41, 5.74) is 2.04. The number of anilines is 2. The number of aromatic nitrogens is 2. The quantitative estimate of drug-likeness (QED) is 0.456. The van der Waals surface area contributed by atoms with Gasteiger partial charge in [0.25, 0.3) is 0 Å². The Morgan fingerprint density at radius 2 is 2.04 bits per heavy atom. The Labute approximate surface area is 173 Å². The molecule has 0 unspecified atom stereocenters. The van der Waals surface area contributed by atoms with Crippen molar-refractivity contribution in [2.75, 3.05) is 10.6 Å². The van der Waals surface area contributed by atoms with Crippen LogP contribution in [0.15, 0.2) is 51.4 Å². The highest BCUT2D eigenvalue weighted by atomic mass is 32.2. The minimum absolute atomic E-state index is 0.0407. The number of hydrogen-bond acceptors (Lipinski definition) is 7. The summed E-state index contributed by atoms with van der Waals surface area (Å²) in [5.74, 6) is 1.18. The van der Waals surface area contributed by atoms with Crippen molar-refractivity contribution in [1.29, 1.82) is 0 Å². The van der Waals surface area contributed by atoms with Crippen LogP contribution in [0.5, 0.6) is 0 Å². The smallest absolute Gasteiger partial charge is 0.237 e. The van der Waals surface area contributed by atoms with Crippen LogP contribution in [0.2, 0.25) is 0 Å². The van der Waals surface area contributed by atoms with Crippen molar-refractivity contribution in [2.45, 2.75) is 49.2 Å². The van der Waals surface area contributed by atoms with Crippen molar-refractivity contribution in [3.63, 3.8) is 0 Å². The van der Waals surface area contributed by atoms with Gasteiger partial charge in [0.15, 0.2) is 4.34 Å². The maximum atomic E-state index is 12.7. The molecule has 8 heteroatoms. The zero-order valence-corrected chi connectivity index (χ0v) is 17.8. The molecule has 3 aromatic rings. The van der Waals surface area contributed by atoms with Crippen molar-refractivity contribution in [1.82, 2.24) is 10.2 Å². The van der Waals surface area contributed by atoms with Gasteiger partial charge >= 0.3 is 0 Å². The van der Waals surface area contributed by atoms with Crippen LogP contribution in [0.3, 0.4) is 0 Å². The first kappa shape index (κ1) is 20.4. The van der Waals surface area contributed by atoms with E-state index in [2.05, 4.69) is 40.7 Å². The molecule has 2 aromatic heterocycles. The number of carbonyl (C=O) groups is 1. The lowest BCUT2D eigenvalue weighted by Gasteiger charge is -2.17. The molecule has 6 nitrogen and oxygen atoms in total. The van der Waals surface area contributed by atoms with Crippen LogP contribution in [0, 0.1) is 0 Å². The number of benzene rings is 1. The summed E-state index contributed by atoms with van der Waals surface area (Å²) in [7, 11) is 0. The molecular formula is C20H24N4O2S2. The summed E-state index contributed by atoms with van der Waals surface area (Å²) in [5, 5.41) is 14.9. The van der Waals surface area contributed by atoms with Crippen LogP contribution in [-0.4, -0.2) is 21.4 Å². The molecule has 0 bridgehead atoms. The van der Waals surface area contributed by atoms with Crippen molar-refractivity contribution in [2.24, 2.45) is 0 Å². The van der Waals surface area contributed by atoms with E-state index in [1.807, 2.05) is 37.3 Å². The summed E-state index contributed by atoms with van der Waals surface area (Å²) >= 11 is 2.83. The minimum atomic E-state index is -0.282. The van der Waals surface area contributed by atoms with Crippen LogP contribution in [0.1, 0.15) is 44.4 Å². The third-order valence-corrected chi connectivity index (χ3v) is 6.47. The average molecular weight is 417 g/mol. The van der Waals surface area contributed by atoms with Gasteiger partial charge in [0, 0.05) is 5.69 Å². The first-order chi connectivity index (χ1) is 13.6. The molecular weight excluding hydrogens is 392 g/mol. The van der Waals surface area contributed by atoms with Crippen molar-refractivity contribution in [3.8, 4) is 0 Å². The third kappa shape index (κ3) is 5.36. The van der Waals surface area contributed by atoms with E-state index in [0.29, 0.717) is 17.6 Å². The van der Waals surface area contributed by atoms with E-state index in [4.69, 9.17) is 4.42 Å². The Kier molecular flexibility index (Phi) is 7.11. The fourth-order valence-electron chi connectivity index (χ4n) is 2.60. The van der Waals surface area contributed by atoms with Gasteiger partial charge in [-0.1, -0.05) is 55.1 Å². The highest BCUT2D eigenvalue weighted by Crippen LogP contribution is 2.31. The molecule has 1 amide bonds. The number of para-hydroxylation sites is 1. The minimum Gasteiger partial charge on any atom is -0.467 e. The molecule has 2 heterocycles. The van der Waals surface area contributed by atoms with Gasteiger partial charge in [-0.05, 0) is 43.0 Å². The van der Waals surface area contributed by atoms with Gasteiger partial charge in [-0.25, -0.2) is 0 Å². The second kappa shape index (κ2) is 9.75. The molecule has 2 N–H and O–H groups in total. The highest BCUT2D eigenvalue weighted by molar-refractivity contribution is 8.02. The van der Waals surface area contributed by atoms with Crippen LogP contribution in [-0.2, 0) is 11.3 Å². The molecule has 3 rings (SSSR count). The Hall–Kier alpha value is -2.32. The van der Waals surface area contributed by atoms with Gasteiger partial charge in [0.05, 0.1) is 18.1 Å². The lowest BCUT2D eigenvalue weighted by atomic mass is 9.97. The van der Waals surface area contributed by atoms with Crippen LogP contribution in [0.4, 0.5) is 10.8 Å². The summed E-state index contributed by atoms with van der Waals surface area (Å²) < 4.78 is 6.03. The first-order valence-corrected chi connectivity index (χ1v) is 10.9. The molecule has 0 saturated carbocycles. The molecule has 0 fully saturated rings. The summed E-state index contributed by atoms with van der Waals surface area (Å²) in [4.78, 5) is 12.7. The maximum absolute atomic E-state index is 12.7. The molecule has 0 spiro atoms. The number of carbonyl (C=O) groups excluding carboxylic acids is 1. The molecule has 0 aliphatic heterocycles. The van der Waals surface area contributed by atoms with Gasteiger partial charge in [0.2, 0.25) is 11.0 Å². The Bertz CT molecular complexity index is 895. The fraction of sp³-hybridized carbons (Fsp3) is 0.350. The Morgan fingerprint density at radius 1 is 1.21 bits per heavy atom. The summed E-state index contributed by atoms with van der Waals surface area (Å²) in [6.07, 6.45) is 2.66. The largest absolute Gasteiger partial charge is 0.467 e. The number of rotatable bonds is 9. The predicted octanol–water partition coefficient (Wildman–Crippen LogP) is 5.38. The molecule has 148 valence electrons. The van der Waals surface area contributed by atoms with Crippen LogP contribution < -0.4 is 10.6 Å². The van der Waals surface area contributed by atoms with E-state index >= 15 is 0 Å².